The molecule has 0 bridgehead atoms. The van der Waals surface area contributed by atoms with Crippen molar-refractivity contribution in [2.75, 3.05) is 0 Å². The predicted molar refractivity (Wildman–Crippen MR) is 213 cm³/mol. The van der Waals surface area contributed by atoms with Gasteiger partial charge in [0, 0.05) is 33.8 Å². The summed E-state index contributed by atoms with van der Waals surface area (Å²) in [6.45, 7) is 0. The Labute approximate surface area is 302 Å². The molecule has 0 unspecified atom stereocenters. The number of pyridine rings is 1. The van der Waals surface area contributed by atoms with Crippen molar-refractivity contribution < 1.29 is 0 Å². The topological polar surface area (TPSA) is 51.6 Å². The molecule has 0 N–H and O–H groups in total. The van der Waals surface area contributed by atoms with E-state index in [-0.39, 0.29) is 0 Å². The first-order valence-electron chi connectivity index (χ1n) is 17.4. The summed E-state index contributed by atoms with van der Waals surface area (Å²) in [7, 11) is 0. The summed E-state index contributed by atoms with van der Waals surface area (Å²) in [6.07, 6.45) is 1.93. The lowest BCUT2D eigenvalue weighted by molar-refractivity contribution is 1.07. The van der Waals surface area contributed by atoms with Crippen LogP contribution >= 0.6 is 0 Å². The van der Waals surface area contributed by atoms with E-state index in [0.29, 0.717) is 17.5 Å². The van der Waals surface area contributed by atoms with Crippen LogP contribution in [-0.4, -0.2) is 19.9 Å². The smallest absolute Gasteiger partial charge is 0.164 e. The molecule has 2 aromatic heterocycles. The Morgan fingerprint density at radius 3 is 1.21 bits per heavy atom. The van der Waals surface area contributed by atoms with Gasteiger partial charge in [0.2, 0.25) is 0 Å². The lowest BCUT2D eigenvalue weighted by atomic mass is 9.96. The van der Waals surface area contributed by atoms with Gasteiger partial charge < -0.3 is 0 Å². The lowest BCUT2D eigenvalue weighted by Crippen LogP contribution is -2.01. The van der Waals surface area contributed by atoms with Gasteiger partial charge in [0.1, 0.15) is 0 Å². The van der Waals surface area contributed by atoms with E-state index in [9.17, 15) is 0 Å². The normalized spacial score (nSPS) is 11.1. The fraction of sp³-hybridized carbons (Fsp3) is 0. The molecule has 0 aliphatic heterocycles. The zero-order valence-electron chi connectivity index (χ0n) is 28.3. The molecule has 0 aliphatic carbocycles. The maximum atomic E-state index is 5.19. The molecule has 0 saturated heterocycles. The first-order valence-corrected chi connectivity index (χ1v) is 17.4. The summed E-state index contributed by atoms with van der Waals surface area (Å²) >= 11 is 0. The second-order valence-electron chi connectivity index (χ2n) is 12.8. The first kappa shape index (κ1) is 31.0. The Bertz CT molecular complexity index is 2610. The zero-order valence-corrected chi connectivity index (χ0v) is 28.3. The van der Waals surface area contributed by atoms with Crippen molar-refractivity contribution in [2.24, 2.45) is 0 Å². The third-order valence-electron chi connectivity index (χ3n) is 9.32. The minimum absolute atomic E-state index is 0.596. The van der Waals surface area contributed by atoms with E-state index in [1.54, 1.807) is 0 Å². The van der Waals surface area contributed by atoms with Crippen LogP contribution in [0, 0.1) is 0 Å². The fourth-order valence-corrected chi connectivity index (χ4v) is 6.64. The molecule has 0 amide bonds. The van der Waals surface area contributed by atoms with E-state index >= 15 is 0 Å². The van der Waals surface area contributed by atoms with Crippen LogP contribution in [0.5, 0.6) is 0 Å². The number of aromatic nitrogens is 4. The summed E-state index contributed by atoms with van der Waals surface area (Å²) in [5.41, 5.74) is 11.3. The van der Waals surface area contributed by atoms with Crippen molar-refractivity contribution in [1.82, 2.24) is 19.9 Å². The molecule has 9 rings (SSSR count). The molecule has 4 heteroatoms. The number of nitrogens with zero attached hydrogens (tertiary/aromatic N) is 4. The van der Waals surface area contributed by atoms with E-state index < -0.39 is 0 Å². The van der Waals surface area contributed by atoms with Crippen molar-refractivity contribution in [1.29, 1.82) is 0 Å². The maximum Gasteiger partial charge on any atom is 0.164 e. The monoisotopic (exact) mass is 664 g/mol. The van der Waals surface area contributed by atoms with Gasteiger partial charge in [-0.25, -0.2) is 15.0 Å². The molecule has 0 spiro atoms. The summed E-state index contributed by atoms with van der Waals surface area (Å²) in [4.78, 5) is 20.3. The Hall–Kier alpha value is -7.04. The molecule has 0 saturated carbocycles. The van der Waals surface area contributed by atoms with Crippen molar-refractivity contribution in [3.05, 3.63) is 194 Å². The predicted octanol–water partition coefficient (Wildman–Crippen LogP) is 12.1. The van der Waals surface area contributed by atoms with Crippen molar-refractivity contribution in [3.63, 3.8) is 0 Å². The van der Waals surface area contributed by atoms with Gasteiger partial charge in [0.05, 0.1) is 5.69 Å². The number of fused-ring (bicyclic) bond motifs is 1. The van der Waals surface area contributed by atoms with Crippen molar-refractivity contribution in [2.45, 2.75) is 0 Å². The van der Waals surface area contributed by atoms with Crippen LogP contribution in [0.4, 0.5) is 0 Å². The van der Waals surface area contributed by atoms with E-state index in [1.807, 2.05) is 36.5 Å². The molecule has 2 heterocycles. The number of hydrogen-bond acceptors (Lipinski definition) is 4. The first-order chi connectivity index (χ1) is 25.7. The molecule has 0 radical (unpaired) electrons. The van der Waals surface area contributed by atoms with Gasteiger partial charge in [-0.2, -0.15) is 0 Å². The average Bonchev–Trinajstić information content (AvgIpc) is 3.24. The van der Waals surface area contributed by atoms with Crippen LogP contribution in [0.25, 0.3) is 89.6 Å². The highest BCUT2D eigenvalue weighted by Gasteiger charge is 2.16. The highest BCUT2D eigenvalue weighted by atomic mass is 15.0. The summed E-state index contributed by atoms with van der Waals surface area (Å²) in [5, 5.41) is 2.26. The molecule has 9 aromatic rings. The van der Waals surface area contributed by atoms with Gasteiger partial charge in [-0.1, -0.05) is 152 Å². The second-order valence-corrected chi connectivity index (χ2v) is 12.8. The average molecular weight is 665 g/mol. The summed E-state index contributed by atoms with van der Waals surface area (Å²) < 4.78 is 0. The van der Waals surface area contributed by atoms with E-state index in [4.69, 9.17) is 19.9 Å². The largest absolute Gasteiger partial charge is 0.256 e. The van der Waals surface area contributed by atoms with Gasteiger partial charge in [-0.05, 0) is 75.2 Å². The van der Waals surface area contributed by atoms with Gasteiger partial charge >= 0.3 is 0 Å². The van der Waals surface area contributed by atoms with Gasteiger partial charge in [0.25, 0.3) is 0 Å². The maximum absolute atomic E-state index is 5.19. The molecule has 52 heavy (non-hydrogen) atoms. The molecule has 7 aromatic carbocycles. The number of hydrogen-bond donors (Lipinski definition) is 0. The van der Waals surface area contributed by atoms with Gasteiger partial charge in [-0.15, -0.1) is 0 Å². The van der Waals surface area contributed by atoms with E-state index in [0.717, 1.165) is 72.1 Å². The van der Waals surface area contributed by atoms with Gasteiger partial charge in [-0.3, -0.25) is 4.98 Å². The molecule has 4 nitrogen and oxygen atoms in total. The summed E-state index contributed by atoms with van der Waals surface area (Å²) in [5.74, 6) is 1.81. The van der Waals surface area contributed by atoms with Crippen molar-refractivity contribution >= 4 is 10.8 Å². The fourth-order valence-electron chi connectivity index (χ4n) is 6.64. The third kappa shape index (κ3) is 6.37. The molecule has 244 valence electrons. The van der Waals surface area contributed by atoms with Crippen LogP contribution in [0.15, 0.2) is 194 Å². The van der Waals surface area contributed by atoms with Crippen LogP contribution in [-0.2, 0) is 0 Å². The van der Waals surface area contributed by atoms with E-state index in [2.05, 4.69) is 158 Å². The van der Waals surface area contributed by atoms with Crippen molar-refractivity contribution in [3.8, 4) is 78.8 Å². The molecule has 0 fully saturated rings. The highest BCUT2D eigenvalue weighted by Crippen LogP contribution is 2.34. The van der Waals surface area contributed by atoms with E-state index in [1.165, 1.54) is 0 Å². The minimum Gasteiger partial charge on any atom is -0.256 e. The molecular formula is C48H32N4. The Morgan fingerprint density at radius 1 is 0.250 bits per heavy atom. The van der Waals surface area contributed by atoms with Gasteiger partial charge in [0.15, 0.2) is 17.5 Å². The summed E-state index contributed by atoms with van der Waals surface area (Å²) in [6, 6.07) is 65.1. The minimum atomic E-state index is 0.596. The SMILES string of the molecule is c1ccc(-c2cccc(-c3nc(-c4cc(-c5ccccc5)cc(-c5ccccc5)c4)nc(-c4cccc(-c5cc6ccccc6cn5)c4)n3)c2)cc1. The highest BCUT2D eigenvalue weighted by molar-refractivity contribution is 5.86. The van der Waals surface area contributed by atoms with Crippen LogP contribution < -0.4 is 0 Å². The molecule has 0 aliphatic rings. The third-order valence-corrected chi connectivity index (χ3v) is 9.32. The number of benzene rings is 7. The standard InChI is InChI=1S/C48H32N4/c1-4-14-33(15-5-1)36-22-12-24-39(26-36)46-50-47(40-25-13-23-38(27-40)45-31-37-20-10-11-21-41(37)32-49-45)52-48(51-46)44-29-42(34-16-6-2-7-17-34)28-43(30-44)35-18-8-3-9-19-35/h1-32H. The Kier molecular flexibility index (Phi) is 8.16. The molecular weight excluding hydrogens is 633 g/mol. The number of rotatable bonds is 7. The van der Waals surface area contributed by atoms with Crippen LogP contribution in [0.3, 0.4) is 0 Å². The van der Waals surface area contributed by atoms with Crippen LogP contribution in [0.2, 0.25) is 0 Å². The lowest BCUT2D eigenvalue weighted by Gasteiger charge is -2.13. The Balaban J connectivity index is 1.23. The second kappa shape index (κ2) is 13.7. The molecule has 0 atom stereocenters. The van der Waals surface area contributed by atoms with Crippen LogP contribution in [0.1, 0.15) is 0 Å². The zero-order chi connectivity index (χ0) is 34.7. The quantitative estimate of drug-likeness (QED) is 0.170. The Morgan fingerprint density at radius 2 is 0.635 bits per heavy atom.